The van der Waals surface area contributed by atoms with Gasteiger partial charge in [-0.1, -0.05) is 38.6 Å². The first-order valence-corrected chi connectivity index (χ1v) is 16.0. The molecule has 3 atom stereocenters. The van der Waals surface area contributed by atoms with E-state index in [2.05, 4.69) is 65.3 Å². The van der Waals surface area contributed by atoms with Crippen LogP contribution in [0.5, 0.6) is 0 Å². The molecular formula is C34H46N4O5S. The van der Waals surface area contributed by atoms with E-state index in [1.165, 1.54) is 16.3 Å². The van der Waals surface area contributed by atoms with Crippen LogP contribution in [0.25, 0.3) is 26.8 Å². The van der Waals surface area contributed by atoms with Crippen molar-refractivity contribution in [2.75, 3.05) is 51.3 Å². The summed E-state index contributed by atoms with van der Waals surface area (Å²) in [7, 11) is 0. The number of aliphatic hydroxyl groups excluding tert-OH is 3. The van der Waals surface area contributed by atoms with Crippen LogP contribution in [-0.2, 0) is 9.47 Å². The number of anilines is 1. The van der Waals surface area contributed by atoms with E-state index in [-0.39, 0.29) is 13.0 Å². The molecule has 3 heterocycles. The Morgan fingerprint density at radius 3 is 2.45 bits per heavy atom. The number of fused-ring (bicyclic) bond motifs is 1. The van der Waals surface area contributed by atoms with Gasteiger partial charge in [-0.05, 0) is 59.2 Å². The topological polar surface area (TPSA) is 144 Å². The number of nitriles is 1. The lowest BCUT2D eigenvalue weighted by Crippen LogP contribution is -2.38. The number of thiophene rings is 1. The van der Waals surface area contributed by atoms with Gasteiger partial charge in [-0.2, -0.15) is 5.26 Å². The molecule has 0 spiro atoms. The van der Waals surface area contributed by atoms with Crippen molar-refractivity contribution in [2.45, 2.75) is 52.1 Å². The Morgan fingerprint density at radius 2 is 1.80 bits per heavy atom. The van der Waals surface area contributed by atoms with E-state index in [0.29, 0.717) is 17.7 Å². The molecule has 0 bridgehead atoms. The number of rotatable bonds is 8. The molecule has 1 aromatic heterocycles. The number of allylic oxidation sites excluding steroid dienone is 2. The fourth-order valence-electron chi connectivity index (χ4n) is 4.99. The summed E-state index contributed by atoms with van der Waals surface area (Å²) in [6.45, 7) is 15.1. The molecule has 44 heavy (non-hydrogen) atoms. The van der Waals surface area contributed by atoms with Crippen molar-refractivity contribution in [1.82, 2.24) is 4.90 Å². The summed E-state index contributed by atoms with van der Waals surface area (Å²) in [6.07, 6.45) is -1.20. The number of ether oxygens (including phenoxy) is 2. The Morgan fingerprint density at radius 1 is 1.09 bits per heavy atom. The number of nitrogens with one attached hydrogen (secondary N) is 1. The van der Waals surface area contributed by atoms with Gasteiger partial charge in [-0.15, -0.1) is 11.3 Å². The molecule has 2 aromatic carbocycles. The van der Waals surface area contributed by atoms with Crippen LogP contribution in [0.1, 0.15) is 38.5 Å². The van der Waals surface area contributed by atoms with E-state index in [1.54, 1.807) is 11.3 Å². The van der Waals surface area contributed by atoms with Crippen LogP contribution in [0, 0.1) is 11.3 Å². The highest BCUT2D eigenvalue weighted by atomic mass is 32.1. The summed E-state index contributed by atoms with van der Waals surface area (Å²) in [5.74, 6) is 0. The molecule has 3 aromatic rings. The highest BCUT2D eigenvalue weighted by molar-refractivity contribution is 7.16. The van der Waals surface area contributed by atoms with Crippen LogP contribution in [0.3, 0.4) is 0 Å². The molecule has 2 aliphatic heterocycles. The predicted octanol–water partition coefficient (Wildman–Crippen LogP) is 4.95. The van der Waals surface area contributed by atoms with Crippen LogP contribution in [0.15, 0.2) is 66.4 Å². The standard InChI is InChI=1S/C26H28N4OS.C6H12O4.C2H6/c1-18(24(17-27)19(2)28)25-7-8-26(32-25)22-4-3-21-16-23(6-5-20(21)15-22)29-9-10-30-11-13-31-14-12-30;7-3-5-1-4(8)2-6(9)10-5;1-2/h3-8,15-16,29H,2,9-14,28H2,1H3;4-9H,1-3H2;1-2H3/b24-18+;;. The zero-order valence-electron chi connectivity index (χ0n) is 26.0. The van der Waals surface area contributed by atoms with Crippen LogP contribution in [0.2, 0.25) is 0 Å². The largest absolute Gasteiger partial charge is 0.398 e. The first-order valence-electron chi connectivity index (χ1n) is 15.1. The highest BCUT2D eigenvalue weighted by Crippen LogP contribution is 2.35. The number of nitrogens with zero attached hydrogens (tertiary/aromatic N) is 2. The Balaban J connectivity index is 0.000000372. The summed E-state index contributed by atoms with van der Waals surface area (Å²) in [4.78, 5) is 4.62. The molecule has 6 N–H and O–H groups in total. The van der Waals surface area contributed by atoms with Gasteiger partial charge in [-0.3, -0.25) is 4.90 Å². The third-order valence-electron chi connectivity index (χ3n) is 7.33. The van der Waals surface area contributed by atoms with E-state index in [9.17, 15) is 5.26 Å². The minimum atomic E-state index is -0.916. The quantitative estimate of drug-likeness (QED) is 0.174. The van der Waals surface area contributed by atoms with Gasteiger partial charge in [0.1, 0.15) is 6.07 Å². The fourth-order valence-corrected chi connectivity index (χ4v) is 6.00. The molecule has 0 aliphatic carbocycles. The Hall–Kier alpha value is -3.27. The van der Waals surface area contributed by atoms with Crippen LogP contribution < -0.4 is 11.1 Å². The minimum absolute atomic E-state index is 0.145. The second kappa shape index (κ2) is 17.9. The molecule has 0 radical (unpaired) electrons. The van der Waals surface area contributed by atoms with Crippen molar-refractivity contribution in [2.24, 2.45) is 5.73 Å². The maximum atomic E-state index is 9.36. The van der Waals surface area contributed by atoms with Crippen LogP contribution in [-0.4, -0.2) is 84.7 Å². The first kappa shape index (κ1) is 35.2. The van der Waals surface area contributed by atoms with E-state index < -0.39 is 18.5 Å². The molecule has 238 valence electrons. The number of aliphatic hydroxyl groups is 3. The Kier molecular flexibility index (Phi) is 14.3. The lowest BCUT2D eigenvalue weighted by molar-refractivity contribution is -0.197. The summed E-state index contributed by atoms with van der Waals surface area (Å²) in [5.41, 5.74) is 9.69. The van der Waals surface area contributed by atoms with Gasteiger partial charge in [0.05, 0.1) is 37.6 Å². The van der Waals surface area contributed by atoms with Crippen molar-refractivity contribution >= 4 is 33.4 Å². The molecule has 0 saturated carbocycles. The van der Waals surface area contributed by atoms with Crippen molar-refractivity contribution in [3.63, 3.8) is 0 Å². The van der Waals surface area contributed by atoms with Crippen LogP contribution in [0.4, 0.5) is 5.69 Å². The van der Waals surface area contributed by atoms with Gasteiger partial charge < -0.3 is 35.8 Å². The van der Waals surface area contributed by atoms with Crippen LogP contribution >= 0.6 is 11.3 Å². The maximum absolute atomic E-state index is 9.36. The molecule has 2 fully saturated rings. The first-order chi connectivity index (χ1) is 21.3. The number of hydrogen-bond donors (Lipinski definition) is 5. The van der Waals surface area contributed by atoms with E-state index in [4.69, 9.17) is 30.5 Å². The fraction of sp³-hybridized carbons (Fsp3) is 0.441. The zero-order valence-corrected chi connectivity index (χ0v) is 26.8. The van der Waals surface area contributed by atoms with E-state index in [0.717, 1.165) is 60.4 Å². The van der Waals surface area contributed by atoms with Crippen molar-refractivity contribution in [1.29, 1.82) is 5.26 Å². The van der Waals surface area contributed by atoms with E-state index in [1.807, 2.05) is 26.8 Å². The van der Waals surface area contributed by atoms with Gasteiger partial charge in [0, 0.05) is 60.2 Å². The van der Waals surface area contributed by atoms with Gasteiger partial charge in [-0.25, -0.2) is 0 Å². The second-order valence-corrected chi connectivity index (χ2v) is 11.6. The van der Waals surface area contributed by atoms with Crippen molar-refractivity contribution < 1.29 is 24.8 Å². The summed E-state index contributed by atoms with van der Waals surface area (Å²) >= 11 is 1.66. The number of morpholine rings is 1. The van der Waals surface area contributed by atoms with Gasteiger partial charge in [0.25, 0.3) is 0 Å². The summed E-state index contributed by atoms with van der Waals surface area (Å²) in [5, 5.41) is 41.8. The lowest BCUT2D eigenvalue weighted by atomic mass is 10.0. The van der Waals surface area contributed by atoms with E-state index >= 15 is 0 Å². The highest BCUT2D eigenvalue weighted by Gasteiger charge is 2.26. The van der Waals surface area contributed by atoms with Crippen molar-refractivity contribution in [3.8, 4) is 16.5 Å². The average Bonchev–Trinajstić information content (AvgIpc) is 3.53. The van der Waals surface area contributed by atoms with Gasteiger partial charge in [0.15, 0.2) is 6.29 Å². The number of nitrogens with two attached hydrogens (primary N) is 1. The molecule has 2 aliphatic rings. The summed E-state index contributed by atoms with van der Waals surface area (Å²) < 4.78 is 10.3. The SMILES string of the molecule is C=C(N)/C(C#N)=C(\C)c1ccc(-c2ccc3cc(NCCN4CCOCC4)ccc3c2)s1.CC.OCC1CC(O)CC(O)O1. The van der Waals surface area contributed by atoms with Gasteiger partial charge >= 0.3 is 0 Å². The third-order valence-corrected chi connectivity index (χ3v) is 8.58. The molecule has 0 amide bonds. The minimum Gasteiger partial charge on any atom is -0.398 e. The Bertz CT molecular complexity index is 1420. The normalized spacial score (nSPS) is 20.7. The molecule has 5 rings (SSSR count). The smallest absolute Gasteiger partial charge is 0.157 e. The average molecular weight is 623 g/mol. The molecule has 3 unspecified atom stereocenters. The second-order valence-electron chi connectivity index (χ2n) is 10.5. The molecule has 10 heteroatoms. The predicted molar refractivity (Wildman–Crippen MR) is 179 cm³/mol. The third kappa shape index (κ3) is 10.1. The zero-order chi connectivity index (χ0) is 32.1. The monoisotopic (exact) mass is 622 g/mol. The molecule has 2 saturated heterocycles. The maximum Gasteiger partial charge on any atom is 0.157 e. The lowest BCUT2D eigenvalue weighted by Gasteiger charge is -2.28. The molecule has 9 nitrogen and oxygen atoms in total. The number of benzene rings is 2. The summed E-state index contributed by atoms with van der Waals surface area (Å²) in [6, 6.07) is 19.4. The van der Waals surface area contributed by atoms with Gasteiger partial charge in [0.2, 0.25) is 0 Å². The number of hydrogen-bond acceptors (Lipinski definition) is 10. The van der Waals surface area contributed by atoms with Crippen molar-refractivity contribution in [3.05, 3.63) is 71.3 Å². The molecular weight excluding hydrogens is 576 g/mol. The Labute approximate surface area is 264 Å².